The Labute approximate surface area is 483 Å². The second kappa shape index (κ2) is 25.6. The molecular formula is C67H73N5O11. The van der Waals surface area contributed by atoms with Gasteiger partial charge in [0.2, 0.25) is 11.8 Å². The fourth-order valence-electron chi connectivity index (χ4n) is 13.2. The second-order valence-electron chi connectivity index (χ2n) is 22.9. The lowest BCUT2D eigenvalue weighted by molar-refractivity contribution is -0.136. The molecule has 5 heterocycles. The zero-order chi connectivity index (χ0) is 57.5. The van der Waals surface area contributed by atoms with Gasteiger partial charge in [0.15, 0.2) is 5.78 Å². The maximum atomic E-state index is 14.0. The van der Waals surface area contributed by atoms with Gasteiger partial charge in [0.25, 0.3) is 5.91 Å². The Morgan fingerprint density at radius 1 is 0.590 bits per heavy atom. The first-order valence-corrected chi connectivity index (χ1v) is 29.6. The number of morpholine rings is 2. The van der Waals surface area contributed by atoms with Gasteiger partial charge in [0.05, 0.1) is 72.5 Å². The van der Waals surface area contributed by atoms with Crippen LogP contribution in [0, 0.1) is 0 Å². The minimum absolute atomic E-state index is 0.00458. The van der Waals surface area contributed by atoms with Gasteiger partial charge in [-0.05, 0) is 121 Å². The predicted molar refractivity (Wildman–Crippen MR) is 316 cm³/mol. The minimum Gasteiger partial charge on any atom is -0.478 e. The average molecular weight is 1120 g/mol. The van der Waals surface area contributed by atoms with E-state index >= 15 is 0 Å². The molecule has 16 nitrogen and oxygen atoms in total. The molecule has 4 aromatic carbocycles. The number of furan rings is 1. The Kier molecular flexibility index (Phi) is 17.5. The fourth-order valence-corrected chi connectivity index (χ4v) is 13.2. The van der Waals surface area contributed by atoms with E-state index in [2.05, 4.69) is 26.6 Å². The number of fused-ring (bicyclic) bond motifs is 2. The van der Waals surface area contributed by atoms with Gasteiger partial charge in [-0.1, -0.05) is 105 Å². The highest BCUT2D eigenvalue weighted by Crippen LogP contribution is 2.46. The summed E-state index contributed by atoms with van der Waals surface area (Å²) in [6.07, 6.45) is 19.7. The van der Waals surface area contributed by atoms with Crippen LogP contribution < -0.4 is 5.32 Å². The molecule has 0 atom stereocenters. The number of carboxylic acids is 2. The molecule has 0 unspecified atom stereocenters. The smallest absolute Gasteiger partial charge is 0.335 e. The van der Waals surface area contributed by atoms with Gasteiger partial charge in [0.1, 0.15) is 13.1 Å². The number of Topliss-reactive ketones (excluding diaryl/α,β-unsaturated/α-hetero) is 1. The number of hydrogen-bond acceptors (Lipinski definition) is 9. The van der Waals surface area contributed by atoms with Crippen molar-refractivity contribution < 1.29 is 52.9 Å². The first-order valence-electron chi connectivity index (χ1n) is 29.6. The Hall–Kier alpha value is -8.08. The van der Waals surface area contributed by atoms with Crippen molar-refractivity contribution in [1.29, 1.82) is 0 Å². The minimum atomic E-state index is -1.02. The summed E-state index contributed by atoms with van der Waals surface area (Å²) in [5.74, 6) is -1.55. The highest BCUT2D eigenvalue weighted by atomic mass is 16.5. The van der Waals surface area contributed by atoms with Gasteiger partial charge in [-0.15, -0.1) is 0 Å². The number of carboxylic acid groups (broad SMARTS) is 2. The summed E-state index contributed by atoms with van der Waals surface area (Å²) in [5, 5.41) is 23.8. The molecule has 12 rings (SSSR count). The van der Waals surface area contributed by atoms with Crippen LogP contribution in [0.15, 0.2) is 120 Å². The third kappa shape index (κ3) is 12.5. The van der Waals surface area contributed by atoms with E-state index in [4.69, 9.17) is 19.0 Å². The number of carbonyl (C=O) groups excluding carboxylic acids is 4. The summed E-state index contributed by atoms with van der Waals surface area (Å²) >= 11 is 0. The van der Waals surface area contributed by atoms with Crippen molar-refractivity contribution in [3.05, 3.63) is 149 Å². The monoisotopic (exact) mass is 1120 g/mol. The number of ketones is 1. The zero-order valence-corrected chi connectivity index (χ0v) is 47.0. The first-order chi connectivity index (χ1) is 40.4. The standard InChI is InChI=1S/C40H43N3O7.C27H30N2O4/c44-34(23-28-9-7-27(8-10-28)11-14-36(46)47)40(16-4-17-40)41-39(48)30-12-13-32-33(24-30)43(25-35(45)42-18-21-49-22-19-42)38(31-15-20-50-26-31)37(32)29-5-2-1-3-6-29;30-24(28-13-15-33-16-14-28)18-29-23-17-21(27(31)32)11-12-22(23)25(19-7-3-1-4-8-19)26(29)20-9-5-2-6-10-20/h7-15,20,24,26,29H,1-6,16-19,21-23,25H2,(H,41,48)(H,46,47);2,5-6,9-12,17,19H,1,3-4,7-8,13-16,18H2,(H,31,32)/b14-11+;. The van der Waals surface area contributed by atoms with E-state index in [1.807, 2.05) is 70.5 Å². The summed E-state index contributed by atoms with van der Waals surface area (Å²) in [4.78, 5) is 81.1. The molecule has 5 fully saturated rings. The highest BCUT2D eigenvalue weighted by Gasteiger charge is 2.45. The summed E-state index contributed by atoms with van der Waals surface area (Å²) in [5.41, 5.74) is 9.40. The van der Waals surface area contributed by atoms with Crippen LogP contribution in [0.3, 0.4) is 0 Å². The van der Waals surface area contributed by atoms with E-state index in [0.717, 1.165) is 106 Å². The number of nitrogens with one attached hydrogen (secondary N) is 1. The van der Waals surface area contributed by atoms with Crippen LogP contribution in [-0.4, -0.2) is 123 Å². The number of aromatic carboxylic acids is 1. The molecule has 7 aromatic rings. The van der Waals surface area contributed by atoms with E-state index in [1.165, 1.54) is 42.9 Å². The van der Waals surface area contributed by atoms with Crippen molar-refractivity contribution in [2.75, 3.05) is 52.6 Å². The molecule has 3 aromatic heterocycles. The Balaban J connectivity index is 0.000000189. The molecule has 2 saturated heterocycles. The summed E-state index contributed by atoms with van der Waals surface area (Å²) in [6.45, 7) is 4.73. The van der Waals surface area contributed by atoms with Gasteiger partial charge in [-0.2, -0.15) is 0 Å². The summed E-state index contributed by atoms with van der Waals surface area (Å²) in [7, 11) is 0. The van der Waals surface area contributed by atoms with Crippen molar-refractivity contribution in [3.63, 3.8) is 0 Å². The van der Waals surface area contributed by atoms with Crippen molar-refractivity contribution in [1.82, 2.24) is 24.3 Å². The van der Waals surface area contributed by atoms with E-state index in [1.54, 1.807) is 36.8 Å². The molecule has 3 saturated carbocycles. The van der Waals surface area contributed by atoms with Crippen LogP contribution in [0.4, 0.5) is 0 Å². The summed E-state index contributed by atoms with van der Waals surface area (Å²) in [6, 6.07) is 30.5. The molecule has 0 radical (unpaired) electrons. The number of rotatable bonds is 16. The van der Waals surface area contributed by atoms with Crippen molar-refractivity contribution in [3.8, 4) is 22.5 Å². The number of nitrogens with zero attached hydrogens (tertiary/aromatic N) is 4. The molecule has 0 bridgehead atoms. The normalized spacial score (nSPS) is 17.7. The Morgan fingerprint density at radius 2 is 1.12 bits per heavy atom. The molecule has 83 heavy (non-hydrogen) atoms. The lowest BCUT2D eigenvalue weighted by atomic mass is 9.72. The molecule has 0 spiro atoms. The van der Waals surface area contributed by atoms with Crippen LogP contribution in [0.1, 0.15) is 138 Å². The van der Waals surface area contributed by atoms with Gasteiger partial charge in [0, 0.05) is 60.6 Å². The second-order valence-corrected chi connectivity index (χ2v) is 22.9. The van der Waals surface area contributed by atoms with Crippen molar-refractivity contribution in [2.24, 2.45) is 0 Å². The number of carbonyl (C=O) groups is 6. The largest absolute Gasteiger partial charge is 0.478 e. The topological polar surface area (TPSA) is 203 Å². The SMILES string of the molecule is O=C(O)/C=C/c1ccc(CC(=O)C2(NC(=O)c3ccc4c(C5CCCCC5)c(-c5ccoc5)n(CC(=O)N5CCOCC5)c4c3)CCC2)cc1.O=C(O)c1ccc2c(C3CCCCC3)c(-c3ccccc3)n(CC(=O)N3CCOCC3)c2c1. The third-order valence-corrected chi connectivity index (χ3v) is 17.8. The quantitative estimate of drug-likeness (QED) is 0.0777. The predicted octanol–water partition coefficient (Wildman–Crippen LogP) is 11.3. The average Bonchev–Trinajstić information content (AvgIpc) is 4.44. The van der Waals surface area contributed by atoms with Crippen LogP contribution in [-0.2, 0) is 48.2 Å². The number of aromatic nitrogens is 2. The van der Waals surface area contributed by atoms with E-state index in [0.29, 0.717) is 82.8 Å². The van der Waals surface area contributed by atoms with Crippen molar-refractivity contribution >= 4 is 63.3 Å². The molecule has 432 valence electrons. The maximum absolute atomic E-state index is 14.0. The number of amides is 3. The van der Waals surface area contributed by atoms with Gasteiger partial charge in [-0.25, -0.2) is 9.59 Å². The summed E-state index contributed by atoms with van der Waals surface area (Å²) < 4.78 is 20.6. The van der Waals surface area contributed by atoms with Gasteiger partial charge >= 0.3 is 11.9 Å². The van der Waals surface area contributed by atoms with Crippen molar-refractivity contribution in [2.45, 2.75) is 120 Å². The first kappa shape index (κ1) is 56.8. The van der Waals surface area contributed by atoms with Crippen LogP contribution in [0.2, 0.25) is 0 Å². The lowest BCUT2D eigenvalue weighted by Gasteiger charge is -2.41. The molecule has 3 amide bonds. The van der Waals surface area contributed by atoms with Gasteiger partial charge in [-0.3, -0.25) is 19.2 Å². The molecule has 16 heteroatoms. The van der Waals surface area contributed by atoms with E-state index in [-0.39, 0.29) is 48.6 Å². The molecular weight excluding hydrogens is 1050 g/mol. The molecule has 3 N–H and O–H groups in total. The molecule has 2 aliphatic heterocycles. The molecule has 5 aliphatic rings. The Bertz CT molecular complexity index is 3510. The van der Waals surface area contributed by atoms with Crippen LogP contribution in [0.25, 0.3) is 50.4 Å². The number of hydrogen-bond donors (Lipinski definition) is 3. The molecule has 3 aliphatic carbocycles. The lowest BCUT2D eigenvalue weighted by Crippen LogP contribution is -2.59. The third-order valence-electron chi connectivity index (χ3n) is 17.8. The van der Waals surface area contributed by atoms with Crippen LogP contribution in [0.5, 0.6) is 0 Å². The maximum Gasteiger partial charge on any atom is 0.335 e. The van der Waals surface area contributed by atoms with E-state index < -0.39 is 17.5 Å². The van der Waals surface area contributed by atoms with Crippen LogP contribution >= 0.6 is 0 Å². The number of ether oxygens (including phenoxy) is 2. The van der Waals surface area contributed by atoms with Gasteiger partial charge < -0.3 is 48.4 Å². The van der Waals surface area contributed by atoms with E-state index in [9.17, 15) is 33.9 Å². The fraction of sp³-hybridized carbons (Fsp3) is 0.403. The zero-order valence-electron chi connectivity index (χ0n) is 47.0. The number of aliphatic carboxylic acids is 1. The highest BCUT2D eigenvalue weighted by molar-refractivity contribution is 6.05. The number of benzene rings is 4. The Morgan fingerprint density at radius 3 is 1.61 bits per heavy atom.